The van der Waals surface area contributed by atoms with Crippen LogP contribution in [0.25, 0.3) is 0 Å². The van der Waals surface area contributed by atoms with Gasteiger partial charge >= 0.3 is 5.97 Å². The van der Waals surface area contributed by atoms with E-state index in [1.54, 1.807) is 18.9 Å². The van der Waals surface area contributed by atoms with E-state index in [1.165, 1.54) is 10.9 Å². The molecule has 0 spiro atoms. The van der Waals surface area contributed by atoms with Crippen LogP contribution in [0.15, 0.2) is 6.20 Å². The van der Waals surface area contributed by atoms with Gasteiger partial charge < -0.3 is 4.74 Å². The number of hydrogen-bond acceptors (Lipinski definition) is 4. The average molecular weight is 237 g/mol. The SMILES string of the molecule is CCOC(=O)c1cnn(C)c1N1CCCC1=O. The molecule has 1 aromatic heterocycles. The fourth-order valence-electron chi connectivity index (χ4n) is 1.98. The third-order valence-corrected chi connectivity index (χ3v) is 2.73. The molecule has 0 N–H and O–H groups in total. The Hall–Kier alpha value is -1.85. The number of anilines is 1. The molecule has 2 rings (SSSR count). The molecular formula is C11H15N3O3. The second-order valence-electron chi connectivity index (χ2n) is 3.87. The zero-order chi connectivity index (χ0) is 12.4. The molecule has 1 amide bonds. The van der Waals surface area contributed by atoms with E-state index in [-0.39, 0.29) is 5.91 Å². The molecule has 1 aliphatic heterocycles. The Morgan fingerprint density at radius 3 is 2.94 bits per heavy atom. The smallest absolute Gasteiger partial charge is 0.343 e. The fraction of sp³-hybridized carbons (Fsp3) is 0.545. The first-order valence-corrected chi connectivity index (χ1v) is 5.64. The van der Waals surface area contributed by atoms with Crippen molar-refractivity contribution in [2.75, 3.05) is 18.1 Å². The van der Waals surface area contributed by atoms with Crippen LogP contribution in [-0.2, 0) is 16.6 Å². The van der Waals surface area contributed by atoms with E-state index in [1.807, 2.05) is 0 Å². The number of rotatable bonds is 3. The first-order chi connectivity index (χ1) is 8.15. The van der Waals surface area contributed by atoms with Crippen molar-refractivity contribution >= 4 is 17.7 Å². The quantitative estimate of drug-likeness (QED) is 0.727. The van der Waals surface area contributed by atoms with Gasteiger partial charge in [0.25, 0.3) is 0 Å². The molecule has 1 aromatic rings. The number of ether oxygens (including phenoxy) is 1. The van der Waals surface area contributed by atoms with E-state index >= 15 is 0 Å². The molecule has 0 unspecified atom stereocenters. The number of nitrogens with zero attached hydrogens (tertiary/aromatic N) is 3. The molecule has 6 heteroatoms. The molecular weight excluding hydrogens is 222 g/mol. The average Bonchev–Trinajstić information content (AvgIpc) is 2.85. The molecule has 17 heavy (non-hydrogen) atoms. The minimum absolute atomic E-state index is 0.0270. The van der Waals surface area contributed by atoms with Gasteiger partial charge in [0.15, 0.2) is 0 Å². The van der Waals surface area contributed by atoms with Gasteiger partial charge in [-0.25, -0.2) is 4.79 Å². The predicted octanol–water partition coefficient (Wildman–Crippen LogP) is 0.724. The summed E-state index contributed by atoms with van der Waals surface area (Å²) in [4.78, 5) is 25.0. The van der Waals surface area contributed by atoms with E-state index in [0.717, 1.165) is 6.42 Å². The summed E-state index contributed by atoms with van der Waals surface area (Å²) in [6.07, 6.45) is 2.78. The second-order valence-corrected chi connectivity index (χ2v) is 3.87. The Bertz CT molecular complexity index is 453. The molecule has 1 saturated heterocycles. The van der Waals surface area contributed by atoms with Crippen LogP contribution in [0.2, 0.25) is 0 Å². The number of aryl methyl sites for hydroxylation is 1. The fourth-order valence-corrected chi connectivity index (χ4v) is 1.98. The Balaban J connectivity index is 2.35. The number of esters is 1. The van der Waals surface area contributed by atoms with Crippen LogP contribution < -0.4 is 4.90 Å². The van der Waals surface area contributed by atoms with Crippen LogP contribution in [0.4, 0.5) is 5.82 Å². The van der Waals surface area contributed by atoms with Gasteiger partial charge in [0.2, 0.25) is 5.91 Å². The highest BCUT2D eigenvalue weighted by Gasteiger charge is 2.29. The molecule has 92 valence electrons. The van der Waals surface area contributed by atoms with Gasteiger partial charge in [-0.1, -0.05) is 0 Å². The minimum atomic E-state index is -0.435. The van der Waals surface area contributed by atoms with E-state index < -0.39 is 5.97 Å². The lowest BCUT2D eigenvalue weighted by Crippen LogP contribution is -2.28. The molecule has 1 fully saturated rings. The Morgan fingerprint density at radius 1 is 1.59 bits per heavy atom. The Morgan fingerprint density at radius 2 is 2.35 bits per heavy atom. The van der Waals surface area contributed by atoms with E-state index in [2.05, 4.69) is 5.10 Å². The highest BCUT2D eigenvalue weighted by molar-refractivity contribution is 6.02. The molecule has 2 heterocycles. The minimum Gasteiger partial charge on any atom is -0.462 e. The lowest BCUT2D eigenvalue weighted by molar-refractivity contribution is -0.117. The molecule has 0 saturated carbocycles. The van der Waals surface area contributed by atoms with Gasteiger partial charge in [0, 0.05) is 20.0 Å². The van der Waals surface area contributed by atoms with Crippen LogP contribution in [0.3, 0.4) is 0 Å². The maximum absolute atomic E-state index is 11.7. The highest BCUT2D eigenvalue weighted by Crippen LogP contribution is 2.25. The monoisotopic (exact) mass is 237 g/mol. The van der Waals surface area contributed by atoms with Crippen molar-refractivity contribution in [3.05, 3.63) is 11.8 Å². The Kier molecular flexibility index (Phi) is 3.12. The molecule has 0 aromatic carbocycles. The summed E-state index contributed by atoms with van der Waals surface area (Å²) in [5.74, 6) is 0.125. The van der Waals surface area contributed by atoms with Crippen molar-refractivity contribution in [2.24, 2.45) is 7.05 Å². The summed E-state index contributed by atoms with van der Waals surface area (Å²) in [7, 11) is 1.71. The topological polar surface area (TPSA) is 64.4 Å². The molecule has 0 radical (unpaired) electrons. The number of hydrogen-bond donors (Lipinski definition) is 0. The number of amides is 1. The van der Waals surface area contributed by atoms with Crippen LogP contribution >= 0.6 is 0 Å². The normalized spacial score (nSPS) is 15.4. The van der Waals surface area contributed by atoms with Gasteiger partial charge in [-0.15, -0.1) is 0 Å². The van der Waals surface area contributed by atoms with Gasteiger partial charge in [-0.05, 0) is 13.3 Å². The van der Waals surface area contributed by atoms with Crippen LogP contribution in [0.1, 0.15) is 30.1 Å². The van der Waals surface area contributed by atoms with Gasteiger partial charge in [0.05, 0.1) is 12.8 Å². The van der Waals surface area contributed by atoms with Gasteiger partial charge in [-0.3, -0.25) is 14.4 Å². The second kappa shape index (κ2) is 4.57. The molecule has 0 atom stereocenters. The van der Waals surface area contributed by atoms with Gasteiger partial charge in [-0.2, -0.15) is 5.10 Å². The summed E-state index contributed by atoms with van der Waals surface area (Å²) in [5.41, 5.74) is 0.351. The lowest BCUT2D eigenvalue weighted by atomic mass is 10.3. The Labute approximate surface area is 99.1 Å². The molecule has 1 aliphatic rings. The summed E-state index contributed by atoms with van der Waals surface area (Å²) in [5, 5.41) is 4.02. The van der Waals surface area contributed by atoms with Crippen LogP contribution in [0.5, 0.6) is 0 Å². The first-order valence-electron chi connectivity index (χ1n) is 5.64. The molecule has 6 nitrogen and oxygen atoms in total. The van der Waals surface area contributed by atoms with Crippen molar-refractivity contribution < 1.29 is 14.3 Å². The zero-order valence-electron chi connectivity index (χ0n) is 9.97. The van der Waals surface area contributed by atoms with Crippen molar-refractivity contribution in [3.63, 3.8) is 0 Å². The highest BCUT2D eigenvalue weighted by atomic mass is 16.5. The van der Waals surface area contributed by atoms with Crippen molar-refractivity contribution in [2.45, 2.75) is 19.8 Å². The molecule has 0 aliphatic carbocycles. The summed E-state index contributed by atoms with van der Waals surface area (Å²) < 4.78 is 6.48. The predicted molar refractivity (Wildman–Crippen MR) is 60.8 cm³/mol. The number of carbonyl (C=O) groups excluding carboxylic acids is 2. The zero-order valence-corrected chi connectivity index (χ0v) is 9.97. The standard InChI is InChI=1S/C11H15N3O3/c1-3-17-11(16)8-7-12-13(2)10(8)14-6-4-5-9(14)15/h7H,3-6H2,1-2H3. The lowest BCUT2D eigenvalue weighted by Gasteiger charge is -2.17. The number of carbonyl (C=O) groups is 2. The first kappa shape index (κ1) is 11.6. The molecule has 0 bridgehead atoms. The van der Waals surface area contributed by atoms with Crippen LogP contribution in [-0.4, -0.2) is 34.8 Å². The van der Waals surface area contributed by atoms with E-state index in [4.69, 9.17) is 4.74 Å². The van der Waals surface area contributed by atoms with Crippen molar-refractivity contribution in [1.82, 2.24) is 9.78 Å². The number of aromatic nitrogens is 2. The van der Waals surface area contributed by atoms with E-state index in [9.17, 15) is 9.59 Å². The third kappa shape index (κ3) is 2.02. The largest absolute Gasteiger partial charge is 0.462 e. The van der Waals surface area contributed by atoms with Gasteiger partial charge in [0.1, 0.15) is 11.4 Å². The maximum atomic E-state index is 11.7. The van der Waals surface area contributed by atoms with E-state index in [0.29, 0.717) is 31.0 Å². The van der Waals surface area contributed by atoms with Crippen molar-refractivity contribution in [3.8, 4) is 0 Å². The maximum Gasteiger partial charge on any atom is 0.343 e. The summed E-state index contributed by atoms with van der Waals surface area (Å²) in [6, 6.07) is 0. The third-order valence-electron chi connectivity index (χ3n) is 2.73. The summed E-state index contributed by atoms with van der Waals surface area (Å²) in [6.45, 7) is 2.68. The van der Waals surface area contributed by atoms with Crippen molar-refractivity contribution in [1.29, 1.82) is 0 Å². The van der Waals surface area contributed by atoms with Crippen LogP contribution in [0, 0.1) is 0 Å². The summed E-state index contributed by atoms with van der Waals surface area (Å²) >= 11 is 0.